The zero-order valence-electron chi connectivity index (χ0n) is 18.4. The number of aliphatic hydroxyl groups is 1. The molecule has 0 spiro atoms. The molecule has 33 heavy (non-hydrogen) atoms. The maximum atomic E-state index is 12.9. The molecule has 1 amide bonds. The largest absolute Gasteiger partial charge is 0.433 e. The Balaban J connectivity index is 1.43. The monoisotopic (exact) mass is 478 g/mol. The molecule has 1 saturated heterocycles. The van der Waals surface area contributed by atoms with Gasteiger partial charge in [0.05, 0.1) is 11.1 Å². The third-order valence-electron chi connectivity index (χ3n) is 6.50. The van der Waals surface area contributed by atoms with Gasteiger partial charge >= 0.3 is 6.61 Å². The standard InChI is InChI=1S/C25H29ClF2N2O3/c26-20-14-19(7-8-22(20)33-25(27)28)24(32)21(15-30-9-3-4-10-30)29-23(31)13-16-11-17-5-1-2-6-18(17)12-16/h1-2,5-8,14,16,21,24-25,32H,3-4,9-13,15H2,(H,29,31). The lowest BCUT2D eigenvalue weighted by Crippen LogP contribution is -2.47. The molecule has 4 rings (SSSR count). The van der Waals surface area contributed by atoms with Crippen LogP contribution in [-0.4, -0.2) is 48.2 Å². The van der Waals surface area contributed by atoms with Gasteiger partial charge in [0.1, 0.15) is 11.9 Å². The van der Waals surface area contributed by atoms with E-state index in [0.29, 0.717) is 18.5 Å². The summed E-state index contributed by atoms with van der Waals surface area (Å²) in [6.45, 7) is -0.648. The van der Waals surface area contributed by atoms with Gasteiger partial charge in [0.25, 0.3) is 0 Å². The Hall–Kier alpha value is -2.22. The van der Waals surface area contributed by atoms with Crippen LogP contribution in [0.5, 0.6) is 5.75 Å². The third-order valence-corrected chi connectivity index (χ3v) is 6.80. The number of alkyl halides is 2. The van der Waals surface area contributed by atoms with Crippen molar-refractivity contribution in [3.05, 3.63) is 64.2 Å². The van der Waals surface area contributed by atoms with Gasteiger partial charge in [-0.1, -0.05) is 41.9 Å². The smallest absolute Gasteiger partial charge is 0.387 e. The number of halogens is 3. The molecule has 2 aromatic carbocycles. The van der Waals surface area contributed by atoms with E-state index in [1.54, 1.807) is 0 Å². The first kappa shape index (κ1) is 23.9. The van der Waals surface area contributed by atoms with Crippen LogP contribution >= 0.6 is 11.6 Å². The molecule has 2 unspecified atom stereocenters. The summed E-state index contributed by atoms with van der Waals surface area (Å²) in [4.78, 5) is 15.2. The van der Waals surface area contributed by atoms with E-state index in [4.69, 9.17) is 11.6 Å². The van der Waals surface area contributed by atoms with Crippen molar-refractivity contribution in [3.8, 4) is 5.75 Å². The maximum absolute atomic E-state index is 12.9. The van der Waals surface area contributed by atoms with E-state index in [1.165, 1.54) is 29.3 Å². The number of nitrogens with zero attached hydrogens (tertiary/aromatic N) is 1. The molecule has 1 fully saturated rings. The van der Waals surface area contributed by atoms with Crippen LogP contribution in [0.15, 0.2) is 42.5 Å². The van der Waals surface area contributed by atoms with Crippen molar-refractivity contribution in [1.29, 1.82) is 0 Å². The maximum Gasteiger partial charge on any atom is 0.387 e. The van der Waals surface area contributed by atoms with Crippen molar-refractivity contribution >= 4 is 17.5 Å². The van der Waals surface area contributed by atoms with Gasteiger partial charge in [-0.05, 0) is 73.5 Å². The fourth-order valence-corrected chi connectivity index (χ4v) is 5.15. The third kappa shape index (κ3) is 6.22. The second kappa shape index (κ2) is 10.8. The number of aliphatic hydroxyl groups excluding tert-OH is 1. The molecule has 1 aliphatic carbocycles. The van der Waals surface area contributed by atoms with Gasteiger partial charge in [-0.3, -0.25) is 4.79 Å². The van der Waals surface area contributed by atoms with Crippen molar-refractivity contribution in [2.24, 2.45) is 5.92 Å². The average molecular weight is 479 g/mol. The van der Waals surface area contributed by atoms with E-state index in [9.17, 15) is 18.7 Å². The van der Waals surface area contributed by atoms with E-state index in [0.717, 1.165) is 38.8 Å². The Morgan fingerprint density at radius 1 is 1.15 bits per heavy atom. The van der Waals surface area contributed by atoms with Crippen LogP contribution in [0, 0.1) is 5.92 Å². The molecule has 0 aromatic heterocycles. The average Bonchev–Trinajstić information content (AvgIpc) is 3.43. The molecule has 1 aliphatic heterocycles. The number of fused-ring (bicyclic) bond motifs is 1. The summed E-state index contributed by atoms with van der Waals surface area (Å²) in [5.41, 5.74) is 3.04. The Kier molecular flexibility index (Phi) is 7.83. The highest BCUT2D eigenvalue weighted by Gasteiger charge is 2.29. The van der Waals surface area contributed by atoms with Gasteiger partial charge in [0.15, 0.2) is 0 Å². The van der Waals surface area contributed by atoms with Gasteiger partial charge < -0.3 is 20.1 Å². The first-order valence-corrected chi connectivity index (χ1v) is 11.8. The summed E-state index contributed by atoms with van der Waals surface area (Å²) >= 11 is 6.09. The SMILES string of the molecule is O=C(CC1Cc2ccccc2C1)NC(CN1CCCC1)C(O)c1ccc(OC(F)F)c(Cl)c1. The summed E-state index contributed by atoms with van der Waals surface area (Å²) in [5, 5.41) is 14.1. The molecular weight excluding hydrogens is 450 g/mol. The van der Waals surface area contributed by atoms with Gasteiger partial charge in [0, 0.05) is 13.0 Å². The van der Waals surface area contributed by atoms with Crippen LogP contribution in [0.25, 0.3) is 0 Å². The lowest BCUT2D eigenvalue weighted by Gasteiger charge is -2.29. The first-order valence-electron chi connectivity index (χ1n) is 11.4. The van der Waals surface area contributed by atoms with Crippen molar-refractivity contribution in [2.75, 3.05) is 19.6 Å². The molecule has 0 bridgehead atoms. The summed E-state index contributed by atoms with van der Waals surface area (Å²) < 4.78 is 29.4. The number of nitrogens with one attached hydrogen (secondary N) is 1. The number of likely N-dealkylation sites (tertiary alicyclic amines) is 1. The van der Waals surface area contributed by atoms with Crippen LogP contribution in [0.4, 0.5) is 8.78 Å². The highest BCUT2D eigenvalue weighted by molar-refractivity contribution is 6.32. The molecule has 178 valence electrons. The van der Waals surface area contributed by atoms with Gasteiger partial charge in [-0.25, -0.2) is 0 Å². The second-order valence-electron chi connectivity index (χ2n) is 8.94. The molecule has 8 heteroatoms. The molecule has 1 heterocycles. The minimum Gasteiger partial charge on any atom is -0.433 e. The zero-order chi connectivity index (χ0) is 23.4. The van der Waals surface area contributed by atoms with E-state index < -0.39 is 18.8 Å². The Labute approximate surface area is 197 Å². The van der Waals surface area contributed by atoms with Crippen LogP contribution in [0.3, 0.4) is 0 Å². The number of ether oxygens (including phenoxy) is 1. The molecular formula is C25H29ClF2N2O3. The number of rotatable bonds is 9. The van der Waals surface area contributed by atoms with Gasteiger partial charge in [-0.15, -0.1) is 0 Å². The normalized spacial score (nSPS) is 18.3. The molecule has 0 saturated carbocycles. The summed E-state index contributed by atoms with van der Waals surface area (Å²) in [5.74, 6) is -0.00412. The number of carbonyl (C=O) groups excluding carboxylic acids is 1. The topological polar surface area (TPSA) is 61.8 Å². The molecule has 2 aliphatic rings. The number of benzene rings is 2. The lowest BCUT2D eigenvalue weighted by molar-refractivity contribution is -0.123. The molecule has 0 radical (unpaired) electrons. The number of carbonyl (C=O) groups is 1. The van der Waals surface area contributed by atoms with Crippen molar-refractivity contribution in [1.82, 2.24) is 10.2 Å². The molecule has 2 N–H and O–H groups in total. The highest BCUT2D eigenvalue weighted by atomic mass is 35.5. The quantitative estimate of drug-likeness (QED) is 0.562. The van der Waals surface area contributed by atoms with Crippen LogP contribution in [-0.2, 0) is 17.6 Å². The number of hydrogen-bond acceptors (Lipinski definition) is 4. The Morgan fingerprint density at radius 3 is 2.42 bits per heavy atom. The summed E-state index contributed by atoms with van der Waals surface area (Å²) in [6.07, 6.45) is 3.28. The fraction of sp³-hybridized carbons (Fsp3) is 0.480. The number of hydrogen-bond donors (Lipinski definition) is 2. The highest BCUT2D eigenvalue weighted by Crippen LogP contribution is 2.31. The Morgan fingerprint density at radius 2 is 1.82 bits per heavy atom. The predicted molar refractivity (Wildman–Crippen MR) is 123 cm³/mol. The van der Waals surface area contributed by atoms with Crippen LogP contribution in [0.2, 0.25) is 5.02 Å². The van der Waals surface area contributed by atoms with Crippen LogP contribution in [0.1, 0.15) is 42.1 Å². The van der Waals surface area contributed by atoms with Crippen molar-refractivity contribution < 1.29 is 23.4 Å². The van der Waals surface area contributed by atoms with E-state index in [2.05, 4.69) is 27.1 Å². The lowest BCUT2D eigenvalue weighted by atomic mass is 9.99. The van der Waals surface area contributed by atoms with Crippen molar-refractivity contribution in [3.63, 3.8) is 0 Å². The van der Waals surface area contributed by atoms with E-state index in [-0.39, 0.29) is 22.6 Å². The molecule has 2 atom stereocenters. The molecule has 5 nitrogen and oxygen atoms in total. The van der Waals surface area contributed by atoms with E-state index >= 15 is 0 Å². The van der Waals surface area contributed by atoms with Gasteiger partial charge in [0.2, 0.25) is 5.91 Å². The summed E-state index contributed by atoms with van der Waals surface area (Å²) in [6, 6.07) is 12.0. The molecule has 2 aromatic rings. The Bertz CT molecular complexity index is 943. The fourth-order valence-electron chi connectivity index (χ4n) is 4.91. The van der Waals surface area contributed by atoms with E-state index in [1.807, 2.05) is 12.1 Å². The minimum absolute atomic E-state index is 0.0122. The number of amides is 1. The van der Waals surface area contributed by atoms with Gasteiger partial charge in [-0.2, -0.15) is 8.78 Å². The minimum atomic E-state index is -2.98. The second-order valence-corrected chi connectivity index (χ2v) is 9.35. The van der Waals surface area contributed by atoms with Crippen molar-refractivity contribution in [2.45, 2.75) is 50.9 Å². The zero-order valence-corrected chi connectivity index (χ0v) is 19.1. The first-order chi connectivity index (χ1) is 15.9. The summed E-state index contributed by atoms with van der Waals surface area (Å²) in [7, 11) is 0. The van der Waals surface area contributed by atoms with Crippen LogP contribution < -0.4 is 10.1 Å². The predicted octanol–water partition coefficient (Wildman–Crippen LogP) is 4.36.